The van der Waals surface area contributed by atoms with Crippen molar-refractivity contribution in [2.24, 2.45) is 5.73 Å². The molecule has 0 amide bonds. The number of likely N-dealkylation sites (tertiary alicyclic amines) is 1. The third-order valence-corrected chi connectivity index (χ3v) is 4.10. The molecule has 0 aliphatic carbocycles. The Bertz CT molecular complexity index is 385. The maximum absolute atomic E-state index is 5.92. The van der Waals surface area contributed by atoms with Crippen LogP contribution in [0.25, 0.3) is 0 Å². The molecule has 0 bridgehead atoms. The second kappa shape index (κ2) is 5.85. The molecule has 2 atom stereocenters. The van der Waals surface area contributed by atoms with E-state index in [1.807, 2.05) is 0 Å². The first kappa shape index (κ1) is 13.6. The molecule has 1 fully saturated rings. The molecule has 2 N–H and O–H groups in total. The van der Waals surface area contributed by atoms with Crippen LogP contribution in [-0.2, 0) is 13.1 Å². The van der Waals surface area contributed by atoms with Gasteiger partial charge in [0.1, 0.15) is 0 Å². The van der Waals surface area contributed by atoms with E-state index in [1.54, 1.807) is 0 Å². The maximum atomic E-state index is 5.92. The van der Waals surface area contributed by atoms with Gasteiger partial charge >= 0.3 is 0 Å². The molecule has 1 aromatic rings. The molecule has 1 aliphatic heterocycles. The van der Waals surface area contributed by atoms with Crippen LogP contribution in [0, 0.1) is 6.92 Å². The van der Waals surface area contributed by atoms with Crippen LogP contribution >= 0.6 is 0 Å². The van der Waals surface area contributed by atoms with Crippen molar-refractivity contribution in [2.45, 2.75) is 65.2 Å². The van der Waals surface area contributed by atoms with E-state index in [4.69, 9.17) is 5.73 Å². The zero-order valence-corrected chi connectivity index (χ0v) is 11.9. The highest BCUT2D eigenvalue weighted by Crippen LogP contribution is 2.24. The van der Waals surface area contributed by atoms with Gasteiger partial charge in [-0.25, -0.2) is 0 Å². The molecule has 0 saturated carbocycles. The van der Waals surface area contributed by atoms with Crippen molar-refractivity contribution < 1.29 is 0 Å². The second-order valence-corrected chi connectivity index (χ2v) is 5.43. The summed E-state index contributed by atoms with van der Waals surface area (Å²) in [7, 11) is 0. The van der Waals surface area contributed by atoms with Crippen molar-refractivity contribution in [3.63, 3.8) is 0 Å². The fraction of sp³-hybridized carbons (Fsp3) is 0.786. The molecule has 1 aromatic heterocycles. The normalized spacial score (nSPS) is 25.6. The SMILES string of the molecule is CCn1nc(C)cc1CN1C(C)CCCC1CN. The Hall–Kier alpha value is -0.870. The molecule has 102 valence electrons. The Kier molecular flexibility index (Phi) is 4.40. The summed E-state index contributed by atoms with van der Waals surface area (Å²) in [6.07, 6.45) is 3.83. The standard InChI is InChI=1S/C14H26N4/c1-4-18-14(8-11(2)16-18)10-17-12(3)6-5-7-13(17)9-15/h8,12-13H,4-7,9-10,15H2,1-3H3. The summed E-state index contributed by atoms with van der Waals surface area (Å²) in [6, 6.07) is 3.38. The Labute approximate surface area is 110 Å². The van der Waals surface area contributed by atoms with Gasteiger partial charge < -0.3 is 5.73 Å². The molecule has 18 heavy (non-hydrogen) atoms. The van der Waals surface area contributed by atoms with Crippen LogP contribution in [0.2, 0.25) is 0 Å². The largest absolute Gasteiger partial charge is 0.329 e. The zero-order chi connectivity index (χ0) is 13.1. The Balaban J connectivity index is 2.14. The van der Waals surface area contributed by atoms with Crippen molar-refractivity contribution in [1.82, 2.24) is 14.7 Å². The van der Waals surface area contributed by atoms with Gasteiger partial charge in [0.15, 0.2) is 0 Å². The van der Waals surface area contributed by atoms with E-state index in [1.165, 1.54) is 25.0 Å². The van der Waals surface area contributed by atoms with Crippen LogP contribution in [0.5, 0.6) is 0 Å². The summed E-state index contributed by atoms with van der Waals surface area (Å²) in [4.78, 5) is 2.56. The zero-order valence-electron chi connectivity index (χ0n) is 11.9. The summed E-state index contributed by atoms with van der Waals surface area (Å²) in [6.45, 7) is 9.23. The van der Waals surface area contributed by atoms with Crippen molar-refractivity contribution in [1.29, 1.82) is 0 Å². The Morgan fingerprint density at radius 3 is 2.89 bits per heavy atom. The minimum atomic E-state index is 0.536. The van der Waals surface area contributed by atoms with Gasteiger partial charge in [-0.05, 0) is 39.7 Å². The molecule has 0 radical (unpaired) electrons. The molecule has 0 spiro atoms. The lowest BCUT2D eigenvalue weighted by molar-refractivity contribution is 0.0861. The number of hydrogen-bond donors (Lipinski definition) is 1. The minimum Gasteiger partial charge on any atom is -0.329 e. The van der Waals surface area contributed by atoms with E-state index in [9.17, 15) is 0 Å². The highest BCUT2D eigenvalue weighted by atomic mass is 15.3. The lowest BCUT2D eigenvalue weighted by Gasteiger charge is -2.40. The van der Waals surface area contributed by atoms with Gasteiger partial charge in [-0.2, -0.15) is 5.10 Å². The highest BCUT2D eigenvalue weighted by Gasteiger charge is 2.27. The van der Waals surface area contributed by atoms with Crippen LogP contribution in [0.15, 0.2) is 6.07 Å². The van der Waals surface area contributed by atoms with Crippen LogP contribution in [-0.4, -0.2) is 33.3 Å². The third kappa shape index (κ3) is 2.75. The second-order valence-electron chi connectivity index (χ2n) is 5.43. The van der Waals surface area contributed by atoms with E-state index < -0.39 is 0 Å². The number of nitrogens with zero attached hydrogens (tertiary/aromatic N) is 3. The fourth-order valence-electron chi connectivity index (χ4n) is 3.07. The number of rotatable bonds is 4. The Morgan fingerprint density at radius 2 is 2.22 bits per heavy atom. The number of aromatic nitrogens is 2. The summed E-state index contributed by atoms with van der Waals surface area (Å²) in [5.74, 6) is 0. The molecular formula is C14H26N4. The van der Waals surface area contributed by atoms with E-state index in [-0.39, 0.29) is 0 Å². The smallest absolute Gasteiger partial charge is 0.0597 e. The van der Waals surface area contributed by atoms with E-state index in [2.05, 4.69) is 41.5 Å². The quantitative estimate of drug-likeness (QED) is 0.888. The van der Waals surface area contributed by atoms with Crippen LogP contribution in [0.4, 0.5) is 0 Å². The van der Waals surface area contributed by atoms with E-state index >= 15 is 0 Å². The first-order valence-electron chi connectivity index (χ1n) is 7.14. The molecule has 2 heterocycles. The highest BCUT2D eigenvalue weighted by molar-refractivity contribution is 5.09. The van der Waals surface area contributed by atoms with Crippen molar-refractivity contribution in [3.8, 4) is 0 Å². The molecule has 2 unspecified atom stereocenters. The molecule has 1 aliphatic rings. The van der Waals surface area contributed by atoms with Gasteiger partial charge in [-0.15, -0.1) is 0 Å². The van der Waals surface area contributed by atoms with Crippen LogP contribution in [0.1, 0.15) is 44.5 Å². The lowest BCUT2D eigenvalue weighted by Crippen LogP contribution is -2.48. The fourth-order valence-corrected chi connectivity index (χ4v) is 3.07. The number of nitrogens with two attached hydrogens (primary N) is 1. The van der Waals surface area contributed by atoms with Gasteiger partial charge in [-0.3, -0.25) is 9.58 Å². The minimum absolute atomic E-state index is 0.536. The molecule has 4 nitrogen and oxygen atoms in total. The third-order valence-electron chi connectivity index (χ3n) is 4.10. The lowest BCUT2D eigenvalue weighted by atomic mass is 9.96. The van der Waals surface area contributed by atoms with Gasteiger partial charge in [0.2, 0.25) is 0 Å². The van der Waals surface area contributed by atoms with Crippen LogP contribution < -0.4 is 5.73 Å². The Morgan fingerprint density at radius 1 is 1.44 bits per heavy atom. The average molecular weight is 250 g/mol. The monoisotopic (exact) mass is 250 g/mol. The molecule has 0 aromatic carbocycles. The number of aryl methyl sites for hydroxylation is 2. The van der Waals surface area contributed by atoms with Crippen molar-refractivity contribution in [3.05, 3.63) is 17.5 Å². The summed E-state index contributed by atoms with van der Waals surface area (Å²) >= 11 is 0. The predicted molar refractivity (Wildman–Crippen MR) is 74.3 cm³/mol. The van der Waals surface area contributed by atoms with Crippen molar-refractivity contribution in [2.75, 3.05) is 6.54 Å². The number of piperidine rings is 1. The van der Waals surface area contributed by atoms with Crippen molar-refractivity contribution >= 4 is 0 Å². The van der Waals surface area contributed by atoms with E-state index in [0.29, 0.717) is 12.1 Å². The summed E-state index contributed by atoms with van der Waals surface area (Å²) in [5.41, 5.74) is 8.35. The van der Waals surface area contributed by atoms with Gasteiger partial charge in [0.05, 0.1) is 11.4 Å². The first-order chi connectivity index (χ1) is 8.65. The topological polar surface area (TPSA) is 47.1 Å². The number of hydrogen-bond acceptors (Lipinski definition) is 3. The van der Waals surface area contributed by atoms with E-state index in [0.717, 1.165) is 25.3 Å². The van der Waals surface area contributed by atoms with Gasteiger partial charge in [0, 0.05) is 31.7 Å². The van der Waals surface area contributed by atoms with Crippen LogP contribution in [0.3, 0.4) is 0 Å². The molecular weight excluding hydrogens is 224 g/mol. The molecule has 2 rings (SSSR count). The van der Waals surface area contributed by atoms with Gasteiger partial charge in [0.25, 0.3) is 0 Å². The maximum Gasteiger partial charge on any atom is 0.0597 e. The average Bonchev–Trinajstić information content (AvgIpc) is 2.72. The van der Waals surface area contributed by atoms with Gasteiger partial charge in [-0.1, -0.05) is 6.42 Å². The molecule has 4 heteroatoms. The summed E-state index contributed by atoms with van der Waals surface area (Å²) in [5, 5.41) is 4.53. The predicted octanol–water partition coefficient (Wildman–Crippen LogP) is 1.91. The molecule has 1 saturated heterocycles. The summed E-state index contributed by atoms with van der Waals surface area (Å²) < 4.78 is 2.12. The first-order valence-corrected chi connectivity index (χ1v) is 7.14.